The van der Waals surface area contributed by atoms with Gasteiger partial charge in [-0.15, -0.1) is 0 Å². The molecule has 0 saturated carbocycles. The molecule has 0 aromatic heterocycles. The lowest BCUT2D eigenvalue weighted by atomic mass is 10.00. The van der Waals surface area contributed by atoms with Crippen molar-refractivity contribution in [3.8, 4) is 11.1 Å². The van der Waals surface area contributed by atoms with E-state index in [1.54, 1.807) is 0 Å². The minimum Gasteiger partial charge on any atom is -0.313 e. The molecule has 1 aliphatic rings. The number of hydrogen-bond donors (Lipinski definition) is 1. The summed E-state index contributed by atoms with van der Waals surface area (Å²) in [7, 11) is 2.02. The third-order valence-electron chi connectivity index (χ3n) is 3.81. The monoisotopic (exact) mass is 291 g/mol. The van der Waals surface area contributed by atoms with Crippen LogP contribution in [0.5, 0.6) is 0 Å². The Bertz CT molecular complexity index is 622. The molecule has 19 heavy (non-hydrogen) atoms. The quantitative estimate of drug-likeness (QED) is 0.833. The molecule has 1 N–H and O–H groups in total. The Morgan fingerprint density at radius 2 is 1.95 bits per heavy atom. The van der Waals surface area contributed by atoms with Gasteiger partial charge in [0, 0.05) is 21.7 Å². The molecule has 0 spiro atoms. The Kier molecular flexibility index (Phi) is 3.53. The zero-order valence-electron chi connectivity index (χ0n) is 10.7. The third kappa shape index (κ3) is 2.38. The fraction of sp³-hybridized carbons (Fsp3) is 0.250. The molecule has 98 valence electrons. The Morgan fingerprint density at radius 3 is 2.74 bits per heavy atom. The van der Waals surface area contributed by atoms with E-state index in [9.17, 15) is 0 Å². The molecule has 0 saturated heterocycles. The van der Waals surface area contributed by atoms with Gasteiger partial charge < -0.3 is 5.32 Å². The highest BCUT2D eigenvalue weighted by atomic mass is 35.5. The van der Waals surface area contributed by atoms with Gasteiger partial charge in [0.05, 0.1) is 0 Å². The van der Waals surface area contributed by atoms with Crippen LogP contribution in [0, 0.1) is 0 Å². The molecule has 3 heteroatoms. The van der Waals surface area contributed by atoms with E-state index >= 15 is 0 Å². The second kappa shape index (κ2) is 5.16. The van der Waals surface area contributed by atoms with E-state index in [4.69, 9.17) is 23.2 Å². The van der Waals surface area contributed by atoms with Crippen LogP contribution in [0.3, 0.4) is 0 Å². The maximum absolute atomic E-state index is 6.27. The Hall–Kier alpha value is -1.02. The van der Waals surface area contributed by atoms with Gasteiger partial charge in [-0.3, -0.25) is 0 Å². The fourth-order valence-corrected chi connectivity index (χ4v) is 3.20. The largest absolute Gasteiger partial charge is 0.313 e. The van der Waals surface area contributed by atoms with Crippen LogP contribution in [0.1, 0.15) is 23.6 Å². The normalized spacial score (nSPS) is 17.5. The van der Waals surface area contributed by atoms with Gasteiger partial charge >= 0.3 is 0 Å². The van der Waals surface area contributed by atoms with Crippen molar-refractivity contribution in [2.45, 2.75) is 18.9 Å². The molecular weight excluding hydrogens is 277 g/mol. The van der Waals surface area contributed by atoms with Crippen LogP contribution in [0.4, 0.5) is 0 Å². The van der Waals surface area contributed by atoms with Gasteiger partial charge in [-0.2, -0.15) is 0 Å². The van der Waals surface area contributed by atoms with E-state index in [0.29, 0.717) is 11.1 Å². The van der Waals surface area contributed by atoms with Crippen molar-refractivity contribution < 1.29 is 0 Å². The van der Waals surface area contributed by atoms with Crippen LogP contribution in [0.15, 0.2) is 36.4 Å². The van der Waals surface area contributed by atoms with Crippen LogP contribution >= 0.6 is 23.2 Å². The van der Waals surface area contributed by atoms with Gasteiger partial charge in [0.15, 0.2) is 0 Å². The number of aryl methyl sites for hydroxylation is 1. The predicted molar refractivity (Wildman–Crippen MR) is 82.0 cm³/mol. The number of benzene rings is 2. The van der Waals surface area contributed by atoms with E-state index < -0.39 is 0 Å². The maximum Gasteiger partial charge on any atom is 0.0485 e. The second-order valence-electron chi connectivity index (χ2n) is 4.92. The highest BCUT2D eigenvalue weighted by Crippen LogP contribution is 2.36. The van der Waals surface area contributed by atoms with Crippen molar-refractivity contribution in [3.05, 3.63) is 57.6 Å². The molecule has 0 aliphatic heterocycles. The van der Waals surface area contributed by atoms with E-state index in [-0.39, 0.29) is 0 Å². The van der Waals surface area contributed by atoms with Crippen molar-refractivity contribution in [1.29, 1.82) is 0 Å². The lowest BCUT2D eigenvalue weighted by Crippen LogP contribution is -2.12. The van der Waals surface area contributed by atoms with Crippen LogP contribution in [-0.4, -0.2) is 7.05 Å². The van der Waals surface area contributed by atoms with E-state index in [0.717, 1.165) is 22.6 Å². The van der Waals surface area contributed by atoms with Gasteiger partial charge in [-0.1, -0.05) is 41.4 Å². The minimum atomic E-state index is 0.485. The van der Waals surface area contributed by atoms with Gasteiger partial charge in [-0.05, 0) is 54.8 Å². The van der Waals surface area contributed by atoms with Gasteiger partial charge in [0.1, 0.15) is 0 Å². The zero-order valence-corrected chi connectivity index (χ0v) is 12.2. The zero-order chi connectivity index (χ0) is 13.4. The molecule has 0 amide bonds. The highest BCUT2D eigenvalue weighted by molar-refractivity contribution is 6.35. The lowest BCUT2D eigenvalue weighted by Gasteiger charge is -2.11. The van der Waals surface area contributed by atoms with Crippen LogP contribution in [0.25, 0.3) is 11.1 Å². The summed E-state index contributed by atoms with van der Waals surface area (Å²) in [6.45, 7) is 0. The molecule has 1 nitrogen and oxygen atoms in total. The maximum atomic E-state index is 6.27. The molecule has 1 aliphatic carbocycles. The van der Waals surface area contributed by atoms with E-state index in [2.05, 4.69) is 23.5 Å². The van der Waals surface area contributed by atoms with Gasteiger partial charge in [0.2, 0.25) is 0 Å². The van der Waals surface area contributed by atoms with Gasteiger partial charge in [0.25, 0.3) is 0 Å². The molecule has 0 fully saturated rings. The summed E-state index contributed by atoms with van der Waals surface area (Å²) < 4.78 is 0. The standard InChI is InChI=1S/C16H15Cl2N/c1-19-16-7-3-10-8-11(2-5-13(10)16)14-9-12(17)4-6-15(14)18/h2,4-6,8-9,16,19H,3,7H2,1H3. The number of rotatable bonds is 2. The van der Waals surface area contributed by atoms with Crippen molar-refractivity contribution in [1.82, 2.24) is 5.32 Å². The number of fused-ring (bicyclic) bond motifs is 1. The summed E-state index contributed by atoms with van der Waals surface area (Å²) in [6, 6.07) is 12.7. The Labute approximate surface area is 123 Å². The van der Waals surface area contributed by atoms with Gasteiger partial charge in [-0.25, -0.2) is 0 Å². The van der Waals surface area contributed by atoms with E-state index in [1.165, 1.54) is 17.5 Å². The molecule has 1 atom stereocenters. The average Bonchev–Trinajstić information content (AvgIpc) is 2.83. The first-order valence-corrected chi connectivity index (χ1v) is 7.20. The topological polar surface area (TPSA) is 12.0 Å². The average molecular weight is 292 g/mol. The SMILES string of the molecule is CNC1CCc2cc(-c3cc(Cl)ccc3Cl)ccc21. The molecule has 2 aromatic carbocycles. The number of nitrogens with one attached hydrogen (secondary N) is 1. The fourth-order valence-electron chi connectivity index (χ4n) is 2.80. The first-order chi connectivity index (χ1) is 9.19. The number of hydrogen-bond acceptors (Lipinski definition) is 1. The summed E-state index contributed by atoms with van der Waals surface area (Å²) in [4.78, 5) is 0. The second-order valence-corrected chi connectivity index (χ2v) is 5.76. The van der Waals surface area contributed by atoms with E-state index in [1.807, 2.05) is 25.2 Å². The first kappa shape index (κ1) is 13.0. The minimum absolute atomic E-state index is 0.485. The predicted octanol–water partition coefficient (Wildman–Crippen LogP) is 4.87. The van der Waals surface area contributed by atoms with Crippen molar-refractivity contribution >= 4 is 23.2 Å². The van der Waals surface area contributed by atoms with Crippen LogP contribution < -0.4 is 5.32 Å². The molecule has 1 unspecified atom stereocenters. The third-order valence-corrected chi connectivity index (χ3v) is 4.37. The molecular formula is C16H15Cl2N. The Balaban J connectivity index is 2.06. The summed E-state index contributed by atoms with van der Waals surface area (Å²) in [6.07, 6.45) is 2.28. The Morgan fingerprint density at radius 1 is 1.11 bits per heavy atom. The highest BCUT2D eigenvalue weighted by Gasteiger charge is 2.21. The summed E-state index contributed by atoms with van der Waals surface area (Å²) in [5.74, 6) is 0. The number of halogens is 2. The van der Waals surface area contributed by atoms with Crippen LogP contribution in [0.2, 0.25) is 10.0 Å². The summed E-state index contributed by atoms with van der Waals surface area (Å²) >= 11 is 12.3. The molecule has 2 aromatic rings. The van der Waals surface area contributed by atoms with Crippen LogP contribution in [-0.2, 0) is 6.42 Å². The van der Waals surface area contributed by atoms with Crippen molar-refractivity contribution in [2.24, 2.45) is 0 Å². The van der Waals surface area contributed by atoms with Crippen molar-refractivity contribution in [3.63, 3.8) is 0 Å². The summed E-state index contributed by atoms with van der Waals surface area (Å²) in [5, 5.41) is 4.81. The lowest BCUT2D eigenvalue weighted by molar-refractivity contribution is 0.590. The molecule has 3 rings (SSSR count). The molecule has 0 bridgehead atoms. The smallest absolute Gasteiger partial charge is 0.0485 e. The van der Waals surface area contributed by atoms with Crippen molar-refractivity contribution in [2.75, 3.05) is 7.05 Å². The molecule has 0 heterocycles. The molecule has 0 radical (unpaired) electrons. The first-order valence-electron chi connectivity index (χ1n) is 6.44. The summed E-state index contributed by atoms with van der Waals surface area (Å²) in [5.41, 5.74) is 4.96.